The summed E-state index contributed by atoms with van der Waals surface area (Å²) in [4.78, 5) is 2.52. The lowest BCUT2D eigenvalue weighted by Crippen LogP contribution is -2.39. The Morgan fingerprint density at radius 3 is 2.24 bits per heavy atom. The predicted octanol–water partition coefficient (Wildman–Crippen LogP) is 4.02. The van der Waals surface area contributed by atoms with E-state index in [9.17, 15) is 0 Å². The molecule has 0 bridgehead atoms. The number of nitrogens with zero attached hydrogens (tertiary/aromatic N) is 1. The summed E-state index contributed by atoms with van der Waals surface area (Å²) in [7, 11) is 2.26. The highest BCUT2D eigenvalue weighted by atomic mass is 15.2. The molecule has 2 rings (SSSR count). The van der Waals surface area contributed by atoms with Crippen LogP contribution in [0.2, 0.25) is 0 Å². The molecule has 1 aromatic rings. The minimum atomic E-state index is 0.424. The van der Waals surface area contributed by atoms with Crippen molar-refractivity contribution in [1.29, 1.82) is 0 Å². The monoisotopic (exact) mass is 288 g/mol. The highest BCUT2D eigenvalue weighted by molar-refractivity contribution is 5.25. The van der Waals surface area contributed by atoms with Gasteiger partial charge in [-0.2, -0.15) is 0 Å². The molecule has 0 aromatic heterocycles. The molecule has 0 radical (unpaired) electrons. The molecule has 0 aliphatic heterocycles. The molecule has 2 atom stereocenters. The second kappa shape index (κ2) is 7.42. The van der Waals surface area contributed by atoms with Gasteiger partial charge < -0.3 is 5.32 Å². The first kappa shape index (κ1) is 16.5. The lowest BCUT2D eigenvalue weighted by atomic mass is 10.00. The van der Waals surface area contributed by atoms with Gasteiger partial charge in [-0.1, -0.05) is 38.1 Å². The third kappa shape index (κ3) is 5.12. The average molecular weight is 288 g/mol. The first-order valence-corrected chi connectivity index (χ1v) is 8.51. The Bertz CT molecular complexity index is 420. The van der Waals surface area contributed by atoms with E-state index in [0.29, 0.717) is 12.1 Å². The standard InChI is InChI=1S/C19H32N2/c1-14(2)12-17-6-8-18(9-7-17)16(4)20-13-15(3)21(5)19-10-11-19/h6-9,14-16,19-20H,10-13H2,1-5H3. The smallest absolute Gasteiger partial charge is 0.0292 e. The van der Waals surface area contributed by atoms with Crippen LogP contribution < -0.4 is 5.32 Å². The van der Waals surface area contributed by atoms with E-state index in [1.54, 1.807) is 0 Å². The fraction of sp³-hybridized carbons (Fsp3) is 0.684. The van der Waals surface area contributed by atoms with Gasteiger partial charge in [0.15, 0.2) is 0 Å². The van der Waals surface area contributed by atoms with Crippen LogP contribution in [0.5, 0.6) is 0 Å². The maximum Gasteiger partial charge on any atom is 0.0292 e. The molecule has 0 saturated heterocycles. The molecule has 21 heavy (non-hydrogen) atoms. The van der Waals surface area contributed by atoms with Crippen molar-refractivity contribution >= 4 is 0 Å². The van der Waals surface area contributed by atoms with Crippen molar-refractivity contribution in [3.8, 4) is 0 Å². The minimum Gasteiger partial charge on any atom is -0.309 e. The van der Waals surface area contributed by atoms with Gasteiger partial charge in [-0.15, -0.1) is 0 Å². The van der Waals surface area contributed by atoms with E-state index in [1.165, 1.54) is 30.4 Å². The van der Waals surface area contributed by atoms with Crippen LogP contribution in [-0.2, 0) is 6.42 Å². The fourth-order valence-corrected chi connectivity index (χ4v) is 2.86. The van der Waals surface area contributed by atoms with Gasteiger partial charge in [-0.25, -0.2) is 0 Å². The normalized spacial score (nSPS) is 18.2. The molecule has 1 aromatic carbocycles. The molecule has 2 nitrogen and oxygen atoms in total. The number of hydrogen-bond acceptors (Lipinski definition) is 2. The van der Waals surface area contributed by atoms with Gasteiger partial charge in [-0.05, 0) is 57.2 Å². The number of rotatable bonds is 8. The van der Waals surface area contributed by atoms with Gasteiger partial charge in [0.05, 0.1) is 0 Å². The first-order valence-electron chi connectivity index (χ1n) is 8.51. The number of hydrogen-bond donors (Lipinski definition) is 1. The molecule has 0 heterocycles. The Morgan fingerprint density at radius 1 is 1.10 bits per heavy atom. The molecule has 1 aliphatic rings. The Hall–Kier alpha value is -0.860. The first-order chi connectivity index (χ1) is 9.97. The molecule has 1 N–H and O–H groups in total. The van der Waals surface area contributed by atoms with E-state index in [2.05, 4.69) is 69.2 Å². The van der Waals surface area contributed by atoms with Crippen molar-refractivity contribution in [2.75, 3.05) is 13.6 Å². The molecular weight excluding hydrogens is 256 g/mol. The second-order valence-electron chi connectivity index (χ2n) is 7.22. The van der Waals surface area contributed by atoms with Crippen LogP contribution in [0.25, 0.3) is 0 Å². The van der Waals surface area contributed by atoms with Gasteiger partial charge in [-0.3, -0.25) is 4.90 Å². The Balaban J connectivity index is 1.80. The molecule has 1 saturated carbocycles. The highest BCUT2D eigenvalue weighted by Gasteiger charge is 2.28. The third-order valence-electron chi connectivity index (χ3n) is 4.66. The fourth-order valence-electron chi connectivity index (χ4n) is 2.86. The highest BCUT2D eigenvalue weighted by Crippen LogP contribution is 2.27. The van der Waals surface area contributed by atoms with Gasteiger partial charge >= 0.3 is 0 Å². The largest absolute Gasteiger partial charge is 0.309 e. The van der Waals surface area contributed by atoms with E-state index in [-0.39, 0.29) is 0 Å². The summed E-state index contributed by atoms with van der Waals surface area (Å²) in [5, 5.41) is 3.68. The van der Waals surface area contributed by atoms with Crippen LogP contribution >= 0.6 is 0 Å². The summed E-state index contributed by atoms with van der Waals surface area (Å²) in [6, 6.07) is 11.0. The topological polar surface area (TPSA) is 15.3 Å². The zero-order chi connectivity index (χ0) is 15.4. The average Bonchev–Trinajstić information content (AvgIpc) is 3.28. The Labute approximate surface area is 130 Å². The number of likely N-dealkylation sites (N-methyl/N-ethyl adjacent to an activating group) is 1. The van der Waals surface area contributed by atoms with Crippen molar-refractivity contribution in [3.05, 3.63) is 35.4 Å². The van der Waals surface area contributed by atoms with Crippen LogP contribution in [0.3, 0.4) is 0 Å². The lowest BCUT2D eigenvalue weighted by molar-refractivity contribution is 0.237. The van der Waals surface area contributed by atoms with Crippen LogP contribution in [0.1, 0.15) is 57.7 Å². The maximum atomic E-state index is 3.68. The third-order valence-corrected chi connectivity index (χ3v) is 4.66. The Kier molecular flexibility index (Phi) is 5.83. The number of nitrogens with one attached hydrogen (secondary N) is 1. The van der Waals surface area contributed by atoms with Crippen LogP contribution in [0.4, 0.5) is 0 Å². The molecule has 118 valence electrons. The van der Waals surface area contributed by atoms with Gasteiger partial charge in [0.25, 0.3) is 0 Å². The van der Waals surface area contributed by atoms with E-state index < -0.39 is 0 Å². The summed E-state index contributed by atoms with van der Waals surface area (Å²) in [6.45, 7) is 10.2. The summed E-state index contributed by atoms with van der Waals surface area (Å²) >= 11 is 0. The van der Waals surface area contributed by atoms with Gasteiger partial charge in [0.1, 0.15) is 0 Å². The predicted molar refractivity (Wildman–Crippen MR) is 91.6 cm³/mol. The molecule has 2 heteroatoms. The van der Waals surface area contributed by atoms with E-state index in [0.717, 1.165) is 18.5 Å². The summed E-state index contributed by atoms with van der Waals surface area (Å²) in [6.07, 6.45) is 3.94. The van der Waals surface area contributed by atoms with Crippen LogP contribution in [0.15, 0.2) is 24.3 Å². The van der Waals surface area contributed by atoms with E-state index >= 15 is 0 Å². The van der Waals surface area contributed by atoms with E-state index in [1.807, 2.05) is 0 Å². The van der Waals surface area contributed by atoms with Crippen molar-refractivity contribution in [3.63, 3.8) is 0 Å². The van der Waals surface area contributed by atoms with Crippen molar-refractivity contribution in [2.45, 2.75) is 65.1 Å². The quantitative estimate of drug-likeness (QED) is 0.777. The van der Waals surface area contributed by atoms with Crippen molar-refractivity contribution in [2.24, 2.45) is 5.92 Å². The lowest BCUT2D eigenvalue weighted by Gasteiger charge is -2.26. The molecule has 0 amide bonds. The van der Waals surface area contributed by atoms with Crippen LogP contribution in [0, 0.1) is 5.92 Å². The maximum absolute atomic E-state index is 3.68. The van der Waals surface area contributed by atoms with Crippen LogP contribution in [-0.4, -0.2) is 30.6 Å². The zero-order valence-electron chi connectivity index (χ0n) is 14.4. The van der Waals surface area contributed by atoms with Gasteiger partial charge in [0.2, 0.25) is 0 Å². The molecule has 1 fully saturated rings. The van der Waals surface area contributed by atoms with E-state index in [4.69, 9.17) is 0 Å². The second-order valence-corrected chi connectivity index (χ2v) is 7.22. The summed E-state index contributed by atoms with van der Waals surface area (Å²) in [5.74, 6) is 0.727. The Morgan fingerprint density at radius 2 is 1.71 bits per heavy atom. The molecule has 2 unspecified atom stereocenters. The molecule has 1 aliphatic carbocycles. The van der Waals surface area contributed by atoms with Crippen molar-refractivity contribution in [1.82, 2.24) is 10.2 Å². The molecular formula is C19H32N2. The SMILES string of the molecule is CC(C)Cc1ccc(C(C)NCC(C)N(C)C2CC2)cc1. The van der Waals surface area contributed by atoms with Crippen molar-refractivity contribution < 1.29 is 0 Å². The summed E-state index contributed by atoms with van der Waals surface area (Å²) in [5.41, 5.74) is 2.84. The zero-order valence-corrected chi connectivity index (χ0v) is 14.4. The van der Waals surface area contributed by atoms with Gasteiger partial charge in [0, 0.05) is 24.7 Å². The minimum absolute atomic E-state index is 0.424. The molecule has 0 spiro atoms. The number of benzene rings is 1. The summed E-state index contributed by atoms with van der Waals surface area (Å²) < 4.78 is 0.